The average molecular weight is 409 g/mol. The molecule has 3 amide bonds. The molecule has 30 heavy (non-hydrogen) atoms. The van der Waals surface area contributed by atoms with Gasteiger partial charge in [-0.25, -0.2) is 0 Å². The summed E-state index contributed by atoms with van der Waals surface area (Å²) in [5.41, 5.74) is 10.4. The zero-order chi connectivity index (χ0) is 21.8. The highest BCUT2D eigenvalue weighted by Crippen LogP contribution is 2.23. The van der Waals surface area contributed by atoms with Gasteiger partial charge in [0.25, 0.3) is 0 Å². The maximum absolute atomic E-state index is 12.8. The van der Waals surface area contributed by atoms with Crippen LogP contribution in [0.3, 0.4) is 0 Å². The lowest BCUT2D eigenvalue weighted by Crippen LogP contribution is -2.52. The Labute approximate surface area is 176 Å². The summed E-state index contributed by atoms with van der Waals surface area (Å²) in [6.07, 6.45) is 0.482. The van der Waals surface area contributed by atoms with E-state index < -0.39 is 11.9 Å². The van der Waals surface area contributed by atoms with Crippen LogP contribution in [0.4, 0.5) is 5.69 Å². The van der Waals surface area contributed by atoms with Gasteiger partial charge in [-0.15, -0.1) is 0 Å². The van der Waals surface area contributed by atoms with Gasteiger partial charge in [0, 0.05) is 19.3 Å². The van der Waals surface area contributed by atoms with Crippen LogP contribution >= 0.6 is 0 Å². The van der Waals surface area contributed by atoms with Crippen molar-refractivity contribution in [2.45, 2.75) is 32.9 Å². The van der Waals surface area contributed by atoms with Gasteiger partial charge < -0.3 is 16.0 Å². The molecule has 0 saturated carbocycles. The standard InChI is InChI=1S/C23H28N4O3/c1-15-7-6-8-16(2)22(15)25-20(28)13-26(3)21(29)14-27-12-18-10-5-4-9-17(18)11-19(27)23(24)30/h4-10,19H,11-14H2,1-3H3,(H2,24,30)(H,25,28)/t19-/m0/s1. The van der Waals surface area contributed by atoms with Crippen molar-refractivity contribution in [1.29, 1.82) is 0 Å². The summed E-state index contributed by atoms with van der Waals surface area (Å²) in [6.45, 7) is 4.27. The van der Waals surface area contributed by atoms with Gasteiger partial charge in [-0.1, -0.05) is 42.5 Å². The minimum atomic E-state index is -0.541. The van der Waals surface area contributed by atoms with Gasteiger partial charge >= 0.3 is 0 Å². The number of benzene rings is 2. The molecule has 7 nitrogen and oxygen atoms in total. The van der Waals surface area contributed by atoms with Gasteiger partial charge in [-0.2, -0.15) is 0 Å². The molecule has 3 N–H and O–H groups in total. The highest BCUT2D eigenvalue weighted by atomic mass is 16.2. The van der Waals surface area contributed by atoms with Crippen LogP contribution in [0.15, 0.2) is 42.5 Å². The van der Waals surface area contributed by atoms with E-state index in [1.54, 1.807) is 11.9 Å². The first kappa shape index (κ1) is 21.5. The van der Waals surface area contributed by atoms with Gasteiger partial charge in [-0.3, -0.25) is 19.3 Å². The number of likely N-dealkylation sites (N-methyl/N-ethyl adjacent to an activating group) is 1. The Hall–Kier alpha value is -3.19. The fourth-order valence-corrected chi connectivity index (χ4v) is 3.81. The molecular weight excluding hydrogens is 380 g/mol. The second-order valence-electron chi connectivity index (χ2n) is 7.86. The van der Waals surface area contributed by atoms with E-state index >= 15 is 0 Å². The lowest BCUT2D eigenvalue weighted by atomic mass is 9.93. The number of hydrogen-bond donors (Lipinski definition) is 2. The van der Waals surface area contributed by atoms with Crippen molar-refractivity contribution in [2.24, 2.45) is 5.73 Å². The molecule has 3 rings (SSSR count). The highest BCUT2D eigenvalue weighted by Gasteiger charge is 2.32. The third-order valence-corrected chi connectivity index (χ3v) is 5.56. The van der Waals surface area contributed by atoms with Crippen LogP contribution in [0, 0.1) is 13.8 Å². The van der Waals surface area contributed by atoms with E-state index in [2.05, 4.69) is 5.32 Å². The van der Waals surface area contributed by atoms with Gasteiger partial charge in [0.15, 0.2) is 0 Å². The molecule has 1 aliphatic rings. The minimum absolute atomic E-state index is 0.0229. The lowest BCUT2D eigenvalue weighted by Gasteiger charge is -2.35. The number of rotatable bonds is 6. The second-order valence-corrected chi connectivity index (χ2v) is 7.86. The molecule has 0 fully saturated rings. The van der Waals surface area contributed by atoms with Crippen molar-refractivity contribution in [3.8, 4) is 0 Å². The van der Waals surface area contributed by atoms with E-state index in [1.807, 2.05) is 56.3 Å². The first-order chi connectivity index (χ1) is 14.3. The van der Waals surface area contributed by atoms with Crippen LogP contribution < -0.4 is 11.1 Å². The first-order valence-electron chi connectivity index (χ1n) is 9.96. The van der Waals surface area contributed by atoms with Crippen molar-refractivity contribution in [1.82, 2.24) is 9.80 Å². The normalized spacial score (nSPS) is 15.9. The summed E-state index contributed by atoms with van der Waals surface area (Å²) in [5, 5.41) is 2.89. The number of fused-ring (bicyclic) bond motifs is 1. The summed E-state index contributed by atoms with van der Waals surface area (Å²) in [6, 6.07) is 13.1. The average Bonchev–Trinajstić information content (AvgIpc) is 2.70. The quantitative estimate of drug-likeness (QED) is 0.759. The van der Waals surface area contributed by atoms with E-state index in [4.69, 9.17) is 5.73 Å². The predicted octanol–water partition coefficient (Wildman–Crippen LogP) is 1.61. The van der Waals surface area contributed by atoms with Crippen molar-refractivity contribution >= 4 is 23.4 Å². The van der Waals surface area contributed by atoms with E-state index in [-0.39, 0.29) is 24.9 Å². The molecule has 0 aromatic heterocycles. The largest absolute Gasteiger partial charge is 0.368 e. The number of para-hydroxylation sites is 1. The summed E-state index contributed by atoms with van der Waals surface area (Å²) in [5.74, 6) is -0.955. The Bertz CT molecular complexity index is 952. The summed E-state index contributed by atoms with van der Waals surface area (Å²) < 4.78 is 0. The van der Waals surface area contributed by atoms with Gasteiger partial charge in [0.1, 0.15) is 0 Å². The third kappa shape index (κ3) is 4.86. The molecule has 1 aliphatic heterocycles. The number of carbonyl (C=O) groups is 3. The first-order valence-corrected chi connectivity index (χ1v) is 9.96. The molecule has 7 heteroatoms. The van der Waals surface area contributed by atoms with Crippen LogP contribution in [0.1, 0.15) is 22.3 Å². The molecule has 158 valence electrons. The van der Waals surface area contributed by atoms with Crippen LogP contribution in [0.2, 0.25) is 0 Å². The predicted molar refractivity (Wildman–Crippen MR) is 116 cm³/mol. The summed E-state index contributed by atoms with van der Waals surface area (Å²) >= 11 is 0. The number of primary amides is 1. The maximum Gasteiger partial charge on any atom is 0.243 e. The maximum atomic E-state index is 12.8. The zero-order valence-corrected chi connectivity index (χ0v) is 17.6. The van der Waals surface area contributed by atoms with E-state index in [9.17, 15) is 14.4 Å². The third-order valence-electron chi connectivity index (χ3n) is 5.56. The Balaban J connectivity index is 1.63. The molecule has 0 unspecified atom stereocenters. The number of nitrogens with two attached hydrogens (primary N) is 1. The van der Waals surface area contributed by atoms with Gasteiger partial charge in [-0.05, 0) is 42.5 Å². The molecule has 0 saturated heterocycles. The summed E-state index contributed by atoms with van der Waals surface area (Å²) in [7, 11) is 1.59. The molecule has 0 aliphatic carbocycles. The smallest absolute Gasteiger partial charge is 0.243 e. The fourth-order valence-electron chi connectivity index (χ4n) is 3.81. The SMILES string of the molecule is Cc1cccc(C)c1NC(=O)CN(C)C(=O)CN1Cc2ccccc2C[C@H]1C(N)=O. The van der Waals surface area contributed by atoms with Gasteiger partial charge in [0.2, 0.25) is 17.7 Å². The number of hydrogen-bond acceptors (Lipinski definition) is 4. The molecule has 2 aromatic rings. The van der Waals surface area contributed by atoms with E-state index in [1.165, 1.54) is 4.90 Å². The van der Waals surface area contributed by atoms with Crippen LogP contribution in [0.5, 0.6) is 0 Å². The minimum Gasteiger partial charge on any atom is -0.368 e. The number of amides is 3. The molecule has 1 heterocycles. The number of nitrogens with one attached hydrogen (secondary N) is 1. The Morgan fingerprint density at radius 2 is 1.70 bits per heavy atom. The van der Waals surface area contributed by atoms with Crippen LogP contribution in [0.25, 0.3) is 0 Å². The zero-order valence-electron chi connectivity index (χ0n) is 17.6. The van der Waals surface area contributed by atoms with Crippen molar-refractivity contribution < 1.29 is 14.4 Å². The Kier molecular flexibility index (Phi) is 6.52. The number of carbonyl (C=O) groups excluding carboxylic acids is 3. The Morgan fingerprint density at radius 1 is 1.07 bits per heavy atom. The van der Waals surface area contributed by atoms with Crippen molar-refractivity contribution in [3.63, 3.8) is 0 Å². The summed E-state index contributed by atoms with van der Waals surface area (Å²) in [4.78, 5) is 40.4. The molecular formula is C23H28N4O3. The van der Waals surface area contributed by atoms with Crippen LogP contribution in [-0.2, 0) is 27.3 Å². The number of anilines is 1. The lowest BCUT2D eigenvalue weighted by molar-refractivity contribution is -0.136. The molecule has 0 spiro atoms. The Morgan fingerprint density at radius 3 is 2.33 bits per heavy atom. The molecule has 1 atom stereocenters. The monoisotopic (exact) mass is 408 g/mol. The second kappa shape index (κ2) is 9.09. The van der Waals surface area contributed by atoms with E-state index in [0.717, 1.165) is 27.9 Å². The number of aryl methyl sites for hydroxylation is 2. The van der Waals surface area contributed by atoms with Crippen molar-refractivity contribution in [2.75, 3.05) is 25.5 Å². The van der Waals surface area contributed by atoms with Crippen molar-refractivity contribution in [3.05, 3.63) is 64.7 Å². The topological polar surface area (TPSA) is 95.7 Å². The van der Waals surface area contributed by atoms with Gasteiger partial charge in [0.05, 0.1) is 19.1 Å². The molecule has 0 radical (unpaired) electrons. The fraction of sp³-hybridized carbons (Fsp3) is 0.348. The molecule has 2 aromatic carbocycles. The highest BCUT2D eigenvalue weighted by molar-refractivity contribution is 5.96. The number of nitrogens with zero attached hydrogens (tertiary/aromatic N) is 2. The van der Waals surface area contributed by atoms with E-state index in [0.29, 0.717) is 13.0 Å². The molecule has 0 bridgehead atoms. The van der Waals surface area contributed by atoms with Crippen LogP contribution in [-0.4, -0.2) is 53.7 Å².